The molecule has 1 spiro atoms. The van der Waals surface area contributed by atoms with Crippen LogP contribution in [0.2, 0.25) is 0 Å². The Bertz CT molecular complexity index is 1980. The fourth-order valence-electron chi connectivity index (χ4n) is 6.77. The second-order valence-corrected chi connectivity index (χ2v) is 13.7. The van der Waals surface area contributed by atoms with Crippen LogP contribution in [0.4, 0.5) is 10.1 Å². The minimum absolute atomic E-state index is 0.174. The summed E-state index contributed by atoms with van der Waals surface area (Å²) in [5.41, 5.74) is 7.27. The van der Waals surface area contributed by atoms with Crippen molar-refractivity contribution in [2.24, 2.45) is 5.41 Å². The molecule has 4 aromatic rings. The maximum absolute atomic E-state index is 14.7. The number of nitrogens with one attached hydrogen (secondary N) is 1. The molecular formula is C38H37FN4O3S. The van der Waals surface area contributed by atoms with Gasteiger partial charge in [-0.3, -0.25) is 14.6 Å². The summed E-state index contributed by atoms with van der Waals surface area (Å²) in [5, 5.41) is 0. The molecule has 1 aromatic carbocycles. The highest BCUT2D eigenvalue weighted by atomic mass is 32.1. The minimum Gasteiger partial charge on any atom is -0.381 e. The molecule has 47 heavy (non-hydrogen) atoms. The lowest BCUT2D eigenvalue weighted by Gasteiger charge is -2.54. The van der Waals surface area contributed by atoms with Crippen molar-refractivity contribution in [1.29, 1.82) is 0 Å². The first-order chi connectivity index (χ1) is 22.7. The second kappa shape index (κ2) is 12.5. The first-order valence-corrected chi connectivity index (χ1v) is 16.8. The molecule has 0 aliphatic carbocycles. The molecule has 1 N–H and O–H groups in total. The van der Waals surface area contributed by atoms with Gasteiger partial charge in [0.25, 0.3) is 11.5 Å². The Morgan fingerprint density at radius 2 is 1.87 bits per heavy atom. The molecule has 0 radical (unpaired) electrons. The largest absolute Gasteiger partial charge is 0.381 e. The predicted octanol–water partition coefficient (Wildman–Crippen LogP) is 7.48. The number of allylic oxidation sites excluding steroid dienone is 4. The maximum Gasteiger partial charge on any atom is 0.258 e. The number of ether oxygens (including phenoxy) is 1. The first-order valence-electron chi connectivity index (χ1n) is 16.0. The smallest absolute Gasteiger partial charge is 0.258 e. The lowest BCUT2D eigenvalue weighted by Crippen LogP contribution is -2.57. The van der Waals surface area contributed by atoms with E-state index in [9.17, 15) is 14.0 Å². The van der Waals surface area contributed by atoms with Gasteiger partial charge in [0.1, 0.15) is 11.5 Å². The van der Waals surface area contributed by atoms with Gasteiger partial charge < -0.3 is 19.5 Å². The van der Waals surface area contributed by atoms with Gasteiger partial charge in [-0.05, 0) is 80.6 Å². The van der Waals surface area contributed by atoms with Crippen molar-refractivity contribution in [2.45, 2.75) is 33.1 Å². The fraction of sp³-hybridized carbons (Fsp3) is 0.289. The lowest BCUT2D eigenvalue weighted by atomic mass is 9.73. The van der Waals surface area contributed by atoms with E-state index in [1.165, 1.54) is 23.6 Å². The van der Waals surface area contributed by atoms with E-state index in [1.54, 1.807) is 23.2 Å². The molecular weight excluding hydrogens is 612 g/mol. The van der Waals surface area contributed by atoms with Crippen molar-refractivity contribution in [1.82, 2.24) is 14.9 Å². The maximum atomic E-state index is 14.7. The van der Waals surface area contributed by atoms with Gasteiger partial charge in [-0.1, -0.05) is 30.4 Å². The summed E-state index contributed by atoms with van der Waals surface area (Å²) in [7, 11) is 0. The van der Waals surface area contributed by atoms with Crippen LogP contribution in [0.25, 0.3) is 26.6 Å². The Kier molecular flexibility index (Phi) is 8.28. The molecule has 1 amide bonds. The number of pyridine rings is 2. The number of rotatable bonds is 6. The summed E-state index contributed by atoms with van der Waals surface area (Å²) in [4.78, 5) is 39.4. The number of fused-ring (bicyclic) bond motifs is 3. The van der Waals surface area contributed by atoms with E-state index in [0.29, 0.717) is 40.9 Å². The molecule has 3 aromatic heterocycles. The van der Waals surface area contributed by atoms with Gasteiger partial charge in [0, 0.05) is 72.2 Å². The van der Waals surface area contributed by atoms with Crippen LogP contribution >= 0.6 is 11.3 Å². The number of likely N-dealkylation sites (tertiary alicyclic amines) is 1. The standard InChI is InChI=1S/C38H37FN4O3S/c1-4-24(2)18-31(25(3)42-22-38(23-42)12-16-46-17-13-38)26-7-9-27(10-8-26)37(45)43-15-11-28-19-33(30-6-5-14-40-36(30)44)47-35(28)34-32(43)20-29(39)21-41-34/h4-10,14,18-21H,3,11-13,15-17,22-23H2,1-2H3,(H,40,44)/b24-4-,31-18+. The third-order valence-corrected chi connectivity index (χ3v) is 10.9. The zero-order chi connectivity index (χ0) is 32.7. The topological polar surface area (TPSA) is 78.5 Å². The minimum atomic E-state index is -0.516. The normalized spacial score (nSPS) is 17.5. The van der Waals surface area contributed by atoms with Gasteiger partial charge >= 0.3 is 0 Å². The zero-order valence-electron chi connectivity index (χ0n) is 26.6. The highest BCUT2D eigenvalue weighted by Crippen LogP contribution is 2.45. The number of carbonyl (C=O) groups excluding carboxylic acids is 1. The van der Waals surface area contributed by atoms with Crippen molar-refractivity contribution in [2.75, 3.05) is 37.7 Å². The van der Waals surface area contributed by atoms with E-state index in [-0.39, 0.29) is 11.5 Å². The average Bonchev–Trinajstić information content (AvgIpc) is 3.43. The van der Waals surface area contributed by atoms with Crippen LogP contribution in [0.15, 0.2) is 95.7 Å². The second-order valence-electron chi connectivity index (χ2n) is 12.7. The molecule has 3 aliphatic rings. The highest BCUT2D eigenvalue weighted by molar-refractivity contribution is 7.19. The SMILES string of the molecule is C=C(/C(=C\C(C)=C/C)c1ccc(C(=O)N2CCc3cc(-c4ccc[nH]c4=O)sc3-c3ncc(F)cc32)cc1)N1CC2(CCOCC2)C1. The third kappa shape index (κ3) is 5.90. The number of nitrogens with zero attached hydrogens (tertiary/aromatic N) is 3. The predicted molar refractivity (Wildman–Crippen MR) is 186 cm³/mol. The van der Waals surface area contributed by atoms with E-state index >= 15 is 0 Å². The lowest BCUT2D eigenvalue weighted by molar-refractivity contribution is -0.0642. The Hall–Kier alpha value is -4.60. The Labute approximate surface area is 277 Å². The van der Waals surface area contributed by atoms with Crippen LogP contribution in [0.5, 0.6) is 0 Å². The molecule has 6 heterocycles. The van der Waals surface area contributed by atoms with Crippen LogP contribution in [0, 0.1) is 11.2 Å². The molecule has 2 fully saturated rings. The molecule has 2 saturated heterocycles. The van der Waals surface area contributed by atoms with Gasteiger partial charge in [-0.25, -0.2) is 4.39 Å². The number of hydrogen-bond acceptors (Lipinski definition) is 6. The molecule has 3 aliphatic heterocycles. The number of aromatic amines is 1. The summed E-state index contributed by atoms with van der Waals surface area (Å²) >= 11 is 1.43. The molecule has 7 nitrogen and oxygen atoms in total. The van der Waals surface area contributed by atoms with E-state index in [0.717, 1.165) is 76.9 Å². The number of thiophene rings is 1. The van der Waals surface area contributed by atoms with Gasteiger partial charge in [-0.15, -0.1) is 11.3 Å². The first kappa shape index (κ1) is 31.0. The monoisotopic (exact) mass is 648 g/mol. The number of amides is 1. The van der Waals surface area contributed by atoms with Crippen LogP contribution in [-0.4, -0.2) is 53.6 Å². The average molecular weight is 649 g/mol. The summed E-state index contributed by atoms with van der Waals surface area (Å²) in [6.07, 6.45) is 9.72. The molecule has 9 heteroatoms. The quantitative estimate of drug-likeness (QED) is 0.219. The fourth-order valence-corrected chi connectivity index (χ4v) is 8.01. The van der Waals surface area contributed by atoms with E-state index in [4.69, 9.17) is 4.74 Å². The molecule has 0 atom stereocenters. The Morgan fingerprint density at radius 1 is 1.13 bits per heavy atom. The summed E-state index contributed by atoms with van der Waals surface area (Å²) in [5.74, 6) is -0.740. The summed E-state index contributed by atoms with van der Waals surface area (Å²) < 4.78 is 20.3. The summed E-state index contributed by atoms with van der Waals surface area (Å²) in [6, 6.07) is 14.6. The molecule has 0 saturated carbocycles. The van der Waals surface area contributed by atoms with Gasteiger partial charge in [-0.2, -0.15) is 0 Å². The van der Waals surface area contributed by atoms with Crippen LogP contribution in [0.3, 0.4) is 0 Å². The third-order valence-electron chi connectivity index (χ3n) is 9.65. The van der Waals surface area contributed by atoms with Crippen molar-refractivity contribution >= 4 is 28.5 Å². The van der Waals surface area contributed by atoms with Gasteiger partial charge in [0.15, 0.2) is 0 Å². The number of H-pyrrole nitrogens is 1. The van der Waals surface area contributed by atoms with Crippen LogP contribution in [0.1, 0.15) is 48.2 Å². The number of aromatic nitrogens is 2. The van der Waals surface area contributed by atoms with E-state index in [1.807, 2.05) is 37.3 Å². The molecule has 7 rings (SSSR count). The van der Waals surface area contributed by atoms with Crippen molar-refractivity contribution in [3.8, 4) is 21.0 Å². The molecule has 240 valence electrons. The van der Waals surface area contributed by atoms with Crippen molar-refractivity contribution < 1.29 is 13.9 Å². The number of carbonyl (C=O) groups is 1. The number of anilines is 1. The highest BCUT2D eigenvalue weighted by Gasteiger charge is 2.44. The number of hydrogen-bond donors (Lipinski definition) is 1. The van der Waals surface area contributed by atoms with E-state index < -0.39 is 5.82 Å². The number of benzene rings is 1. The Balaban J connectivity index is 1.16. The van der Waals surface area contributed by atoms with Gasteiger partial charge in [0.05, 0.1) is 22.3 Å². The molecule has 0 bridgehead atoms. The zero-order valence-corrected chi connectivity index (χ0v) is 27.5. The van der Waals surface area contributed by atoms with Crippen LogP contribution in [-0.2, 0) is 11.2 Å². The number of halogens is 1. The van der Waals surface area contributed by atoms with Crippen LogP contribution < -0.4 is 10.5 Å². The van der Waals surface area contributed by atoms with E-state index in [2.05, 4.69) is 40.5 Å². The Morgan fingerprint density at radius 3 is 2.60 bits per heavy atom. The van der Waals surface area contributed by atoms with Gasteiger partial charge in [0.2, 0.25) is 0 Å². The van der Waals surface area contributed by atoms with Crippen molar-refractivity contribution in [3.05, 3.63) is 124 Å². The molecule has 0 unspecified atom stereocenters. The van der Waals surface area contributed by atoms with Crippen molar-refractivity contribution in [3.63, 3.8) is 0 Å². The summed E-state index contributed by atoms with van der Waals surface area (Å²) in [6.45, 7) is 12.5.